The Kier molecular flexibility index (Phi) is 3.21. The van der Waals surface area contributed by atoms with Crippen LogP contribution >= 0.6 is 43.5 Å². The largest absolute Gasteiger partial charge is 0.0876 e. The van der Waals surface area contributed by atoms with Gasteiger partial charge in [0.2, 0.25) is 0 Å². The van der Waals surface area contributed by atoms with Crippen molar-refractivity contribution in [1.82, 2.24) is 0 Å². The molecule has 0 N–H and O–H groups in total. The summed E-state index contributed by atoms with van der Waals surface area (Å²) in [5.74, 6) is 0. The summed E-state index contributed by atoms with van der Waals surface area (Å²) in [6.07, 6.45) is 0. The summed E-state index contributed by atoms with van der Waals surface area (Å²) in [5.41, 5.74) is 1.09. The third-order valence-corrected chi connectivity index (χ3v) is 2.86. The zero-order valence-electron chi connectivity index (χ0n) is 5.00. The first-order valence-corrected chi connectivity index (χ1v) is 4.95. The van der Waals surface area contributed by atoms with E-state index in [9.17, 15) is 0 Å². The molecule has 0 bridgehead atoms. The van der Waals surface area contributed by atoms with Gasteiger partial charge in [0.25, 0.3) is 0 Å². The van der Waals surface area contributed by atoms with Gasteiger partial charge in [0.15, 0.2) is 0 Å². The summed E-state index contributed by atoms with van der Waals surface area (Å²) in [6.45, 7) is 0. The van der Waals surface area contributed by atoms with Gasteiger partial charge in [-0.3, -0.25) is 0 Å². The zero-order valence-corrected chi connectivity index (χ0v) is 8.92. The summed E-state index contributed by atoms with van der Waals surface area (Å²) < 4.78 is 0.919. The van der Waals surface area contributed by atoms with Crippen LogP contribution in [0.5, 0.6) is 0 Å². The van der Waals surface area contributed by atoms with Crippen molar-refractivity contribution in [3.8, 4) is 0 Å². The number of alkyl halides is 1. The molecule has 0 aliphatic heterocycles. The Morgan fingerprint density at radius 3 is 2.80 bits per heavy atom. The first kappa shape index (κ1) is 8.57. The average Bonchev–Trinajstić information content (AvgIpc) is 1.95. The van der Waals surface area contributed by atoms with Crippen LogP contribution < -0.4 is 0 Å². The van der Waals surface area contributed by atoms with Crippen molar-refractivity contribution in [3.63, 3.8) is 0 Å². The van der Waals surface area contributed by atoms with Crippen molar-refractivity contribution in [2.75, 3.05) is 0 Å². The topological polar surface area (TPSA) is 0 Å². The fraction of sp³-hybridized carbons (Fsp3) is 0.143. The molecule has 0 heterocycles. The fourth-order valence-electron chi connectivity index (χ4n) is 0.566. The molecule has 3 heteroatoms. The molecular weight excluding hydrogens is 279 g/mol. The normalized spacial score (nSPS) is 9.90. The standard InChI is InChI=1S/C7H4Br2Cl/c8-4-5-1-2-7(10)6(9)3-5/h2-3H,4H2. The molecule has 53 valence electrons. The lowest BCUT2D eigenvalue weighted by Gasteiger charge is -1.96. The summed E-state index contributed by atoms with van der Waals surface area (Å²) in [6, 6.07) is 6.71. The lowest BCUT2D eigenvalue weighted by Crippen LogP contribution is -1.77. The average molecular weight is 283 g/mol. The summed E-state index contributed by atoms with van der Waals surface area (Å²) in [4.78, 5) is 0. The van der Waals surface area contributed by atoms with Crippen molar-refractivity contribution in [1.29, 1.82) is 0 Å². The highest BCUT2D eigenvalue weighted by molar-refractivity contribution is 9.10. The van der Waals surface area contributed by atoms with Crippen LogP contribution in [0.4, 0.5) is 0 Å². The predicted octanol–water partition coefficient (Wildman–Crippen LogP) is 3.80. The van der Waals surface area contributed by atoms with E-state index in [2.05, 4.69) is 37.9 Å². The molecule has 1 aromatic carbocycles. The Morgan fingerprint density at radius 2 is 2.30 bits per heavy atom. The number of rotatable bonds is 1. The summed E-state index contributed by atoms with van der Waals surface area (Å²) >= 11 is 12.4. The predicted molar refractivity (Wildman–Crippen MR) is 50.6 cm³/mol. The van der Waals surface area contributed by atoms with Crippen molar-refractivity contribution in [3.05, 3.63) is 33.3 Å². The number of halogens is 3. The van der Waals surface area contributed by atoms with Gasteiger partial charge >= 0.3 is 0 Å². The molecule has 1 aromatic rings. The van der Waals surface area contributed by atoms with Gasteiger partial charge in [-0.15, -0.1) is 0 Å². The van der Waals surface area contributed by atoms with E-state index in [1.165, 1.54) is 0 Å². The van der Waals surface area contributed by atoms with Crippen LogP contribution in [0, 0.1) is 6.07 Å². The maximum absolute atomic E-state index is 5.74. The molecule has 1 radical (unpaired) electrons. The molecule has 0 saturated heterocycles. The van der Waals surface area contributed by atoms with Crippen LogP contribution in [-0.4, -0.2) is 0 Å². The van der Waals surface area contributed by atoms with E-state index in [-0.39, 0.29) is 0 Å². The van der Waals surface area contributed by atoms with E-state index in [0.717, 1.165) is 15.4 Å². The third-order valence-electron chi connectivity index (χ3n) is 1.06. The molecule has 10 heavy (non-hydrogen) atoms. The zero-order chi connectivity index (χ0) is 7.56. The Morgan fingerprint density at radius 1 is 1.60 bits per heavy atom. The van der Waals surface area contributed by atoms with Gasteiger partial charge < -0.3 is 0 Å². The Hall–Kier alpha value is 0.470. The van der Waals surface area contributed by atoms with Gasteiger partial charge in [-0.1, -0.05) is 27.5 Å². The maximum atomic E-state index is 5.74. The highest BCUT2D eigenvalue weighted by atomic mass is 79.9. The molecule has 0 amide bonds. The second kappa shape index (κ2) is 3.74. The Balaban J connectivity index is 3.04. The molecule has 0 fully saturated rings. The number of hydrogen-bond donors (Lipinski definition) is 0. The molecule has 0 aromatic heterocycles. The minimum atomic E-state index is 0.699. The second-order valence-electron chi connectivity index (χ2n) is 1.79. The van der Waals surface area contributed by atoms with Gasteiger partial charge in [0.05, 0.1) is 5.02 Å². The van der Waals surface area contributed by atoms with Crippen LogP contribution in [0.1, 0.15) is 5.56 Å². The third kappa shape index (κ3) is 1.97. The fourth-order valence-corrected chi connectivity index (χ4v) is 1.39. The highest BCUT2D eigenvalue weighted by Crippen LogP contribution is 2.23. The van der Waals surface area contributed by atoms with E-state index in [1.54, 1.807) is 6.07 Å². The maximum Gasteiger partial charge on any atom is 0.0554 e. The lowest BCUT2D eigenvalue weighted by molar-refractivity contribution is 1.41. The summed E-state index contributed by atoms with van der Waals surface area (Å²) in [5, 5.41) is 1.51. The van der Waals surface area contributed by atoms with Crippen molar-refractivity contribution in [2.45, 2.75) is 5.33 Å². The quantitative estimate of drug-likeness (QED) is 0.688. The lowest BCUT2D eigenvalue weighted by atomic mass is 10.2. The molecule has 0 unspecified atom stereocenters. The van der Waals surface area contributed by atoms with E-state index in [4.69, 9.17) is 11.6 Å². The Bertz CT molecular complexity index is 235. The van der Waals surface area contributed by atoms with Gasteiger partial charge in [0, 0.05) is 9.80 Å². The van der Waals surface area contributed by atoms with Crippen LogP contribution in [0.25, 0.3) is 0 Å². The second-order valence-corrected chi connectivity index (χ2v) is 3.61. The van der Waals surface area contributed by atoms with E-state index < -0.39 is 0 Å². The first-order chi connectivity index (χ1) is 4.74. The van der Waals surface area contributed by atoms with Crippen LogP contribution in [0.3, 0.4) is 0 Å². The minimum Gasteiger partial charge on any atom is -0.0876 e. The molecule has 0 atom stereocenters. The van der Waals surface area contributed by atoms with Gasteiger partial charge in [-0.05, 0) is 39.7 Å². The van der Waals surface area contributed by atoms with E-state index in [0.29, 0.717) is 5.02 Å². The van der Waals surface area contributed by atoms with Crippen molar-refractivity contribution in [2.24, 2.45) is 0 Å². The Labute approximate surface area is 81.8 Å². The number of benzene rings is 1. The highest BCUT2D eigenvalue weighted by Gasteiger charge is 1.96. The molecule has 0 nitrogen and oxygen atoms in total. The molecule has 0 spiro atoms. The van der Waals surface area contributed by atoms with Gasteiger partial charge in [-0.2, -0.15) is 0 Å². The van der Waals surface area contributed by atoms with Crippen molar-refractivity contribution >= 4 is 43.5 Å². The van der Waals surface area contributed by atoms with Gasteiger partial charge in [0.1, 0.15) is 0 Å². The minimum absolute atomic E-state index is 0.699. The number of hydrogen-bond acceptors (Lipinski definition) is 0. The molecule has 0 aliphatic rings. The van der Waals surface area contributed by atoms with E-state index in [1.807, 2.05) is 6.07 Å². The monoisotopic (exact) mass is 281 g/mol. The van der Waals surface area contributed by atoms with Gasteiger partial charge in [-0.25, -0.2) is 0 Å². The van der Waals surface area contributed by atoms with Crippen molar-refractivity contribution < 1.29 is 0 Å². The van der Waals surface area contributed by atoms with Crippen LogP contribution in [0.2, 0.25) is 5.02 Å². The smallest absolute Gasteiger partial charge is 0.0554 e. The van der Waals surface area contributed by atoms with E-state index >= 15 is 0 Å². The summed E-state index contributed by atoms with van der Waals surface area (Å²) in [7, 11) is 0. The molecule has 1 rings (SSSR count). The van der Waals surface area contributed by atoms with Crippen LogP contribution in [0.15, 0.2) is 16.6 Å². The molecule has 0 aliphatic carbocycles. The molecule has 0 saturated carbocycles. The SMILES string of the molecule is Clc1c[c]c(CBr)cc1Br. The van der Waals surface area contributed by atoms with Crippen LogP contribution in [-0.2, 0) is 5.33 Å². The first-order valence-electron chi connectivity index (χ1n) is 2.65. The molecular formula is C7H4Br2Cl.